The highest BCUT2D eigenvalue weighted by molar-refractivity contribution is 5.87. The molecule has 0 saturated carbocycles. The number of likely N-dealkylation sites (N-methyl/N-ethyl adjacent to an activating group) is 1. The van der Waals surface area contributed by atoms with Crippen molar-refractivity contribution in [3.8, 4) is 5.75 Å². The van der Waals surface area contributed by atoms with Gasteiger partial charge in [-0.05, 0) is 31.0 Å². The van der Waals surface area contributed by atoms with Crippen LogP contribution < -0.4 is 10.1 Å². The molecule has 2 aromatic rings. The zero-order valence-corrected chi connectivity index (χ0v) is 14.6. The summed E-state index contributed by atoms with van der Waals surface area (Å²) in [5.74, 6) is 0.225. The number of benzene rings is 2. The molecule has 132 valence electrons. The first-order valence-electron chi connectivity index (χ1n) is 8.34. The van der Waals surface area contributed by atoms with Crippen LogP contribution in [0.2, 0.25) is 0 Å². The minimum atomic E-state index is -0.555. The lowest BCUT2D eigenvalue weighted by Crippen LogP contribution is -2.49. The van der Waals surface area contributed by atoms with Crippen molar-refractivity contribution >= 4 is 11.8 Å². The number of nitrogens with one attached hydrogen (secondary N) is 1. The molecule has 0 aliphatic rings. The first kappa shape index (κ1) is 18.5. The number of hydrogen-bond donors (Lipinski definition) is 1. The quantitative estimate of drug-likeness (QED) is 0.802. The molecule has 0 bridgehead atoms. The highest BCUT2D eigenvalue weighted by Crippen LogP contribution is 2.10. The Bertz CT molecular complexity index is 674. The lowest BCUT2D eigenvalue weighted by atomic mass is 10.1. The largest absolute Gasteiger partial charge is 0.484 e. The summed E-state index contributed by atoms with van der Waals surface area (Å²) in [4.78, 5) is 26.2. The molecule has 5 nitrogen and oxygen atoms in total. The normalized spacial score (nSPS) is 11.4. The zero-order valence-electron chi connectivity index (χ0n) is 14.6. The summed E-state index contributed by atoms with van der Waals surface area (Å²) in [6.45, 7) is 2.08. The molecule has 0 saturated heterocycles. The minimum Gasteiger partial charge on any atom is -0.484 e. The number of para-hydroxylation sites is 1. The van der Waals surface area contributed by atoms with Gasteiger partial charge in [0.1, 0.15) is 11.8 Å². The fourth-order valence-corrected chi connectivity index (χ4v) is 2.52. The number of carbonyl (C=O) groups is 2. The van der Waals surface area contributed by atoms with E-state index in [-0.39, 0.29) is 18.4 Å². The van der Waals surface area contributed by atoms with E-state index in [9.17, 15) is 9.59 Å². The Morgan fingerprint density at radius 3 is 2.24 bits per heavy atom. The van der Waals surface area contributed by atoms with Gasteiger partial charge in [-0.25, -0.2) is 0 Å². The van der Waals surface area contributed by atoms with E-state index in [1.165, 1.54) is 0 Å². The van der Waals surface area contributed by atoms with Crippen molar-refractivity contribution in [1.82, 2.24) is 10.2 Å². The van der Waals surface area contributed by atoms with Crippen LogP contribution in [0.5, 0.6) is 5.75 Å². The maximum absolute atomic E-state index is 12.6. The second-order valence-electron chi connectivity index (χ2n) is 5.71. The Hall–Kier alpha value is -2.82. The Labute approximate surface area is 148 Å². The van der Waals surface area contributed by atoms with Gasteiger partial charge in [0.2, 0.25) is 5.91 Å². The highest BCUT2D eigenvalue weighted by atomic mass is 16.5. The predicted octanol–water partition coefficient (Wildman–Crippen LogP) is 2.27. The van der Waals surface area contributed by atoms with Crippen LogP contribution >= 0.6 is 0 Å². The van der Waals surface area contributed by atoms with Crippen LogP contribution in [0, 0.1) is 0 Å². The third-order valence-corrected chi connectivity index (χ3v) is 4.00. The molecule has 2 aromatic carbocycles. The number of carbonyl (C=O) groups excluding carboxylic acids is 2. The summed E-state index contributed by atoms with van der Waals surface area (Å²) in [5, 5.41) is 2.60. The van der Waals surface area contributed by atoms with E-state index in [1.807, 2.05) is 48.5 Å². The lowest BCUT2D eigenvalue weighted by molar-refractivity contribution is -0.141. The first-order chi connectivity index (χ1) is 12.1. The number of amides is 2. The third-order valence-electron chi connectivity index (χ3n) is 4.00. The Morgan fingerprint density at radius 1 is 1.04 bits per heavy atom. The van der Waals surface area contributed by atoms with Gasteiger partial charge in [-0.1, -0.05) is 48.5 Å². The van der Waals surface area contributed by atoms with Gasteiger partial charge >= 0.3 is 0 Å². The van der Waals surface area contributed by atoms with Gasteiger partial charge in [0.25, 0.3) is 5.91 Å². The molecule has 25 heavy (non-hydrogen) atoms. The fourth-order valence-electron chi connectivity index (χ4n) is 2.52. The summed E-state index contributed by atoms with van der Waals surface area (Å²) >= 11 is 0. The van der Waals surface area contributed by atoms with Crippen LogP contribution in [0.1, 0.15) is 12.5 Å². The molecular formula is C20H24N2O3. The standard InChI is InChI=1S/C20H24N2O3/c1-16(20(24)21-2)22(14-13-17-9-5-3-6-10-17)19(23)15-25-18-11-7-4-8-12-18/h3-12,16H,13-15H2,1-2H3,(H,21,24)/t16-/m0/s1. The van der Waals surface area contributed by atoms with Crippen molar-refractivity contribution in [1.29, 1.82) is 0 Å². The van der Waals surface area contributed by atoms with Gasteiger partial charge in [-0.15, -0.1) is 0 Å². The second-order valence-corrected chi connectivity index (χ2v) is 5.71. The molecule has 0 radical (unpaired) electrons. The fraction of sp³-hybridized carbons (Fsp3) is 0.300. The topological polar surface area (TPSA) is 58.6 Å². The van der Waals surface area contributed by atoms with Crippen molar-refractivity contribution in [2.45, 2.75) is 19.4 Å². The second kappa shape index (κ2) is 9.47. The summed E-state index contributed by atoms with van der Waals surface area (Å²) in [6, 6.07) is 18.5. The van der Waals surface area contributed by atoms with Crippen LogP contribution in [-0.4, -0.2) is 43.0 Å². The SMILES string of the molecule is CNC(=O)[C@H](C)N(CCc1ccccc1)C(=O)COc1ccccc1. The smallest absolute Gasteiger partial charge is 0.261 e. The molecule has 1 atom stereocenters. The van der Waals surface area contributed by atoms with Gasteiger partial charge in [-0.2, -0.15) is 0 Å². The van der Waals surface area contributed by atoms with Crippen molar-refractivity contribution in [3.05, 3.63) is 66.2 Å². The van der Waals surface area contributed by atoms with Crippen molar-refractivity contribution < 1.29 is 14.3 Å². The Balaban J connectivity index is 2.01. The van der Waals surface area contributed by atoms with Crippen molar-refractivity contribution in [3.63, 3.8) is 0 Å². The monoisotopic (exact) mass is 340 g/mol. The van der Waals surface area contributed by atoms with E-state index < -0.39 is 6.04 Å². The van der Waals surface area contributed by atoms with Crippen LogP contribution in [0.15, 0.2) is 60.7 Å². The zero-order chi connectivity index (χ0) is 18.1. The van der Waals surface area contributed by atoms with Crippen LogP contribution in [-0.2, 0) is 16.0 Å². The average molecular weight is 340 g/mol. The average Bonchev–Trinajstić information content (AvgIpc) is 2.67. The summed E-state index contributed by atoms with van der Waals surface area (Å²) in [5.41, 5.74) is 1.12. The molecule has 2 amide bonds. The van der Waals surface area contributed by atoms with Gasteiger partial charge < -0.3 is 15.0 Å². The molecule has 2 rings (SSSR count). The van der Waals surface area contributed by atoms with E-state index in [0.29, 0.717) is 18.7 Å². The maximum Gasteiger partial charge on any atom is 0.261 e. The molecule has 0 aliphatic heterocycles. The number of ether oxygens (including phenoxy) is 1. The molecule has 0 fully saturated rings. The Kier molecular flexibility index (Phi) is 7.01. The number of nitrogens with zero attached hydrogens (tertiary/aromatic N) is 1. The minimum absolute atomic E-state index is 0.0971. The lowest BCUT2D eigenvalue weighted by Gasteiger charge is -2.28. The van der Waals surface area contributed by atoms with Crippen LogP contribution in [0.3, 0.4) is 0 Å². The molecule has 1 N–H and O–H groups in total. The number of hydrogen-bond acceptors (Lipinski definition) is 3. The summed E-state index contributed by atoms with van der Waals surface area (Å²) in [6.07, 6.45) is 0.680. The van der Waals surface area contributed by atoms with Crippen molar-refractivity contribution in [2.24, 2.45) is 0 Å². The van der Waals surface area contributed by atoms with Gasteiger partial charge in [-0.3, -0.25) is 9.59 Å². The highest BCUT2D eigenvalue weighted by Gasteiger charge is 2.25. The molecule has 0 heterocycles. The molecule has 5 heteroatoms. The van der Waals surface area contributed by atoms with Gasteiger partial charge in [0.15, 0.2) is 6.61 Å². The molecule has 0 aromatic heterocycles. The summed E-state index contributed by atoms with van der Waals surface area (Å²) < 4.78 is 5.54. The number of rotatable bonds is 8. The van der Waals surface area contributed by atoms with Crippen LogP contribution in [0.25, 0.3) is 0 Å². The van der Waals surface area contributed by atoms with E-state index in [4.69, 9.17) is 4.74 Å². The van der Waals surface area contributed by atoms with E-state index in [1.54, 1.807) is 31.0 Å². The predicted molar refractivity (Wildman–Crippen MR) is 97.3 cm³/mol. The third kappa shape index (κ3) is 5.64. The van der Waals surface area contributed by atoms with E-state index in [2.05, 4.69) is 5.32 Å². The van der Waals surface area contributed by atoms with Gasteiger partial charge in [0.05, 0.1) is 0 Å². The van der Waals surface area contributed by atoms with Crippen molar-refractivity contribution in [2.75, 3.05) is 20.2 Å². The Morgan fingerprint density at radius 2 is 1.64 bits per heavy atom. The van der Waals surface area contributed by atoms with Gasteiger partial charge in [0, 0.05) is 13.6 Å². The van der Waals surface area contributed by atoms with E-state index >= 15 is 0 Å². The van der Waals surface area contributed by atoms with Crippen LogP contribution in [0.4, 0.5) is 0 Å². The summed E-state index contributed by atoms with van der Waals surface area (Å²) in [7, 11) is 1.57. The molecule has 0 aliphatic carbocycles. The molecule has 0 spiro atoms. The first-order valence-corrected chi connectivity index (χ1v) is 8.34. The van der Waals surface area contributed by atoms with E-state index in [0.717, 1.165) is 5.56 Å². The molecule has 0 unspecified atom stereocenters. The molecular weight excluding hydrogens is 316 g/mol. The maximum atomic E-state index is 12.6.